The maximum atomic E-state index is 13.2. The van der Waals surface area contributed by atoms with Gasteiger partial charge in [-0.25, -0.2) is 13.8 Å². The number of amidine groups is 2. The molecule has 1 fully saturated rings. The van der Waals surface area contributed by atoms with Crippen LogP contribution < -0.4 is 0 Å². The van der Waals surface area contributed by atoms with E-state index in [9.17, 15) is 14.0 Å². The zero-order valence-corrected chi connectivity index (χ0v) is 16.9. The van der Waals surface area contributed by atoms with Crippen LogP contribution in [0.5, 0.6) is 0 Å². The number of carbonyl (C=O) groups excluding carboxylic acids is 2. The van der Waals surface area contributed by atoms with Gasteiger partial charge in [0.2, 0.25) is 0 Å². The van der Waals surface area contributed by atoms with Crippen LogP contribution in [-0.2, 0) is 17.1 Å². The van der Waals surface area contributed by atoms with Gasteiger partial charge in [-0.15, -0.1) is 0 Å². The largest absolute Gasteiger partial charge is 0.358 e. The minimum atomic E-state index is -0.640. The maximum Gasteiger partial charge on any atom is 0.358 e. The van der Waals surface area contributed by atoms with Crippen LogP contribution in [0.2, 0.25) is 0 Å². The molecule has 29 heavy (non-hydrogen) atoms. The summed E-state index contributed by atoms with van der Waals surface area (Å²) in [5.74, 6) is 0.445. The van der Waals surface area contributed by atoms with Crippen molar-refractivity contribution in [3.05, 3.63) is 71.5 Å². The van der Waals surface area contributed by atoms with Gasteiger partial charge in [-0.3, -0.25) is 14.6 Å². The third-order valence-corrected chi connectivity index (χ3v) is 6.03. The number of imide groups is 1. The quantitative estimate of drug-likeness (QED) is 0.727. The van der Waals surface area contributed by atoms with Crippen LogP contribution in [0.1, 0.15) is 11.1 Å². The number of carbonyl (C=O) groups is 2. The van der Waals surface area contributed by atoms with Crippen LogP contribution in [0.4, 0.5) is 9.18 Å². The fourth-order valence-corrected chi connectivity index (χ4v) is 4.34. The number of amides is 3. The molecule has 2 aromatic rings. The van der Waals surface area contributed by atoms with Crippen molar-refractivity contribution >= 4 is 34.7 Å². The van der Waals surface area contributed by atoms with E-state index in [-0.39, 0.29) is 11.7 Å². The summed E-state index contributed by atoms with van der Waals surface area (Å²) in [7, 11) is 3.12. The second-order valence-corrected chi connectivity index (χ2v) is 7.87. The van der Waals surface area contributed by atoms with Crippen molar-refractivity contribution in [2.24, 2.45) is 4.99 Å². The third-order valence-electron chi connectivity index (χ3n) is 4.97. The van der Waals surface area contributed by atoms with Gasteiger partial charge in [-0.05, 0) is 40.0 Å². The topological polar surface area (TPSA) is 56.0 Å². The lowest BCUT2D eigenvalue weighted by Gasteiger charge is -2.30. The lowest BCUT2D eigenvalue weighted by atomic mass is 10.1. The van der Waals surface area contributed by atoms with Gasteiger partial charge < -0.3 is 0 Å². The molecule has 0 radical (unpaired) electrons. The predicted molar refractivity (Wildman–Crippen MR) is 110 cm³/mol. The number of urea groups is 1. The molecule has 0 N–H and O–H groups in total. The first-order chi connectivity index (χ1) is 14.0. The Balaban J connectivity index is 1.67. The highest BCUT2D eigenvalue weighted by Crippen LogP contribution is 2.26. The fourth-order valence-electron chi connectivity index (χ4n) is 3.36. The standard InChI is InChI=1S/C21H20FN4O2S/c1-24-18-17(19(27)25(2)21(24)28)26(12-14-6-4-3-5-7-14)20(23-18)29-13-15-8-10-16(22)11-9-15/h3-11,17H,12-13H2,1-2H3/q+1. The molecule has 6 nitrogen and oxygen atoms in total. The van der Waals surface area contributed by atoms with Crippen LogP contribution in [0.3, 0.4) is 0 Å². The smallest absolute Gasteiger partial charge is 0.269 e. The lowest BCUT2D eigenvalue weighted by Crippen LogP contribution is -2.61. The molecule has 2 heterocycles. The van der Waals surface area contributed by atoms with Gasteiger partial charge in [-0.2, -0.15) is 0 Å². The van der Waals surface area contributed by atoms with Gasteiger partial charge in [0.15, 0.2) is 0 Å². The van der Waals surface area contributed by atoms with Gasteiger partial charge in [0.05, 0.1) is 0 Å². The molecule has 0 aliphatic carbocycles. The molecule has 0 saturated carbocycles. The van der Waals surface area contributed by atoms with Crippen LogP contribution in [-0.4, -0.2) is 57.5 Å². The molecule has 0 bridgehead atoms. The molecule has 1 saturated heterocycles. The average Bonchev–Trinajstić information content (AvgIpc) is 3.09. The van der Waals surface area contributed by atoms with Crippen LogP contribution in [0, 0.1) is 5.82 Å². The number of rotatable bonds is 4. The molecule has 4 rings (SSSR count). The first kappa shape index (κ1) is 19.3. The van der Waals surface area contributed by atoms with Gasteiger partial charge in [0.1, 0.15) is 12.4 Å². The third kappa shape index (κ3) is 3.67. The van der Waals surface area contributed by atoms with Gasteiger partial charge >= 0.3 is 11.2 Å². The number of fused-ring (bicyclic) bond motifs is 1. The maximum absolute atomic E-state index is 13.2. The minimum Gasteiger partial charge on any atom is -0.269 e. The van der Waals surface area contributed by atoms with E-state index in [4.69, 9.17) is 0 Å². The fraction of sp³-hybridized carbons (Fsp3) is 0.238. The first-order valence-corrected chi connectivity index (χ1v) is 10.1. The Morgan fingerprint density at radius 2 is 1.69 bits per heavy atom. The minimum absolute atomic E-state index is 0.280. The van der Waals surface area contributed by atoms with Crippen molar-refractivity contribution in [1.82, 2.24) is 9.80 Å². The average molecular weight is 411 g/mol. The molecule has 2 aromatic carbocycles. The zero-order chi connectivity index (χ0) is 20.5. The highest BCUT2D eigenvalue weighted by molar-refractivity contribution is 8.13. The van der Waals surface area contributed by atoms with Crippen molar-refractivity contribution < 1.29 is 18.6 Å². The molecule has 0 aromatic heterocycles. The van der Waals surface area contributed by atoms with Crippen molar-refractivity contribution in [2.45, 2.75) is 18.3 Å². The zero-order valence-electron chi connectivity index (χ0n) is 16.1. The number of hydrogen-bond donors (Lipinski definition) is 0. The molecular weight excluding hydrogens is 391 g/mol. The van der Waals surface area contributed by atoms with E-state index in [0.29, 0.717) is 23.3 Å². The summed E-state index contributed by atoms with van der Waals surface area (Å²) in [5.41, 5.74) is 1.99. The summed E-state index contributed by atoms with van der Waals surface area (Å²) in [6, 6.07) is 15.1. The van der Waals surface area contributed by atoms with E-state index in [2.05, 4.69) is 4.99 Å². The number of likely N-dealkylation sites (N-methyl/N-ethyl adjacent to an activating group) is 2. The number of aliphatic imine (C=N–C) groups is 1. The van der Waals surface area contributed by atoms with E-state index in [1.807, 2.05) is 34.9 Å². The van der Waals surface area contributed by atoms with Gasteiger partial charge in [0.25, 0.3) is 17.8 Å². The van der Waals surface area contributed by atoms with Crippen molar-refractivity contribution in [1.29, 1.82) is 0 Å². The number of hydrogen-bond acceptors (Lipinski definition) is 4. The molecule has 2 aliphatic rings. The number of benzene rings is 2. The first-order valence-electron chi connectivity index (χ1n) is 9.14. The molecule has 1 unspecified atom stereocenters. The Morgan fingerprint density at radius 3 is 2.38 bits per heavy atom. The van der Waals surface area contributed by atoms with E-state index in [1.165, 1.54) is 35.8 Å². The van der Waals surface area contributed by atoms with E-state index in [0.717, 1.165) is 16.0 Å². The van der Waals surface area contributed by atoms with Crippen LogP contribution in [0.15, 0.2) is 59.6 Å². The van der Waals surface area contributed by atoms with E-state index in [1.54, 1.807) is 19.2 Å². The molecular formula is C21H20FN4O2S+. The molecule has 0 spiro atoms. The SMILES string of the molecule is CN1C(=O)C2C(=NC(SCc3ccc(F)cc3)=[N+]2Cc2ccccc2)N(C)C1=O. The van der Waals surface area contributed by atoms with Gasteiger partial charge in [-0.1, -0.05) is 42.5 Å². The molecule has 148 valence electrons. The van der Waals surface area contributed by atoms with Crippen molar-refractivity contribution in [2.75, 3.05) is 14.1 Å². The lowest BCUT2D eigenvalue weighted by molar-refractivity contribution is -0.548. The molecule has 2 aliphatic heterocycles. The normalized spacial score (nSPS) is 19.0. The van der Waals surface area contributed by atoms with E-state index >= 15 is 0 Å². The molecule has 8 heteroatoms. The second-order valence-electron chi connectivity index (χ2n) is 6.92. The summed E-state index contributed by atoms with van der Waals surface area (Å²) in [6.45, 7) is 0.492. The highest BCUT2D eigenvalue weighted by Gasteiger charge is 2.53. The summed E-state index contributed by atoms with van der Waals surface area (Å²) in [5, 5.41) is 0.668. The Morgan fingerprint density at radius 1 is 1.00 bits per heavy atom. The summed E-state index contributed by atoms with van der Waals surface area (Å²) >= 11 is 1.47. The Kier molecular flexibility index (Phi) is 5.19. The van der Waals surface area contributed by atoms with Crippen LogP contribution in [0.25, 0.3) is 0 Å². The number of nitrogens with zero attached hydrogens (tertiary/aromatic N) is 4. The Hall–Kier alpha value is -3.00. The Labute approximate surface area is 172 Å². The van der Waals surface area contributed by atoms with Crippen LogP contribution >= 0.6 is 11.8 Å². The van der Waals surface area contributed by atoms with Crippen molar-refractivity contribution in [3.8, 4) is 0 Å². The monoisotopic (exact) mass is 411 g/mol. The second kappa shape index (κ2) is 7.79. The summed E-state index contributed by atoms with van der Waals surface area (Å²) in [4.78, 5) is 32.5. The number of thioether (sulfide) groups is 1. The van der Waals surface area contributed by atoms with Crippen molar-refractivity contribution in [3.63, 3.8) is 0 Å². The number of halogens is 1. The Bertz CT molecular complexity index is 1020. The van der Waals surface area contributed by atoms with E-state index < -0.39 is 12.1 Å². The molecule has 1 atom stereocenters. The molecule has 3 amide bonds. The predicted octanol–water partition coefficient (Wildman–Crippen LogP) is 2.93. The van der Waals surface area contributed by atoms with Gasteiger partial charge in [0, 0.05) is 19.8 Å². The summed E-state index contributed by atoms with van der Waals surface area (Å²) in [6.07, 6.45) is 0. The highest BCUT2D eigenvalue weighted by atomic mass is 32.2. The summed E-state index contributed by atoms with van der Waals surface area (Å²) < 4.78 is 15.1.